The highest BCUT2D eigenvalue weighted by atomic mass is 35.5. The van der Waals surface area contributed by atoms with Crippen LogP contribution in [-0.2, 0) is 6.54 Å². The molecule has 0 saturated heterocycles. The fraction of sp³-hybridized carbons (Fsp3) is 0.316. The van der Waals surface area contributed by atoms with Crippen LogP contribution in [0.1, 0.15) is 44.4 Å². The van der Waals surface area contributed by atoms with Gasteiger partial charge in [0, 0.05) is 0 Å². The maximum atomic E-state index is 12.5. The average molecular weight is 376 g/mol. The lowest BCUT2D eigenvalue weighted by Crippen LogP contribution is -2.22. The van der Waals surface area contributed by atoms with Crippen LogP contribution in [0.4, 0.5) is 0 Å². The van der Waals surface area contributed by atoms with Gasteiger partial charge in [-0.2, -0.15) is 5.26 Å². The zero-order valence-electron chi connectivity index (χ0n) is 15.1. The fourth-order valence-corrected chi connectivity index (χ4v) is 3.32. The summed E-state index contributed by atoms with van der Waals surface area (Å²) in [5.74, 6) is 0. The molecule has 0 amide bonds. The second-order valence-corrected chi connectivity index (χ2v) is 5.86. The topological polar surface area (TPSA) is 58.7 Å². The van der Waals surface area contributed by atoms with Gasteiger partial charge < -0.3 is 0 Å². The van der Waals surface area contributed by atoms with Crippen LogP contribution in [0.5, 0.6) is 0 Å². The number of benzene rings is 1. The van der Waals surface area contributed by atoms with Gasteiger partial charge >= 0.3 is 0 Å². The van der Waals surface area contributed by atoms with Crippen LogP contribution in [-0.4, -0.2) is 9.55 Å². The van der Waals surface area contributed by atoms with Crippen LogP contribution >= 0.6 is 22.9 Å². The monoisotopic (exact) mass is 375 g/mol. The lowest BCUT2D eigenvalue weighted by molar-refractivity contribution is 0.749. The van der Waals surface area contributed by atoms with E-state index >= 15 is 0 Å². The van der Waals surface area contributed by atoms with Gasteiger partial charge in [-0.1, -0.05) is 45.9 Å². The van der Waals surface area contributed by atoms with E-state index in [9.17, 15) is 4.79 Å². The summed E-state index contributed by atoms with van der Waals surface area (Å²) in [7, 11) is 0. The summed E-state index contributed by atoms with van der Waals surface area (Å²) in [6.07, 6.45) is 0. The van der Waals surface area contributed by atoms with Crippen LogP contribution < -0.4 is 5.56 Å². The molecule has 0 aliphatic heterocycles. The number of aryl methyl sites for hydroxylation is 1. The van der Waals surface area contributed by atoms with Gasteiger partial charge in [-0.3, -0.25) is 9.36 Å². The number of rotatable bonds is 2. The second kappa shape index (κ2) is 9.97. The van der Waals surface area contributed by atoms with E-state index in [0.29, 0.717) is 15.8 Å². The quantitative estimate of drug-likeness (QED) is 0.564. The fourth-order valence-electron chi connectivity index (χ4n) is 2.16. The normalized spacial score (nSPS) is 9.48. The molecule has 0 unspecified atom stereocenters. The van der Waals surface area contributed by atoms with Crippen molar-refractivity contribution in [2.75, 3.05) is 0 Å². The van der Waals surface area contributed by atoms with E-state index in [2.05, 4.69) is 11.1 Å². The first kappa shape index (κ1) is 20.9. The van der Waals surface area contributed by atoms with Gasteiger partial charge in [0.05, 0.1) is 23.7 Å². The lowest BCUT2D eigenvalue weighted by atomic mass is 10.1. The van der Waals surface area contributed by atoms with Crippen LogP contribution in [0.15, 0.2) is 34.4 Å². The van der Waals surface area contributed by atoms with E-state index in [1.165, 1.54) is 15.9 Å². The molecule has 0 aliphatic rings. The van der Waals surface area contributed by atoms with Crippen molar-refractivity contribution < 1.29 is 0 Å². The number of fused-ring (bicyclic) bond motifs is 1. The van der Waals surface area contributed by atoms with Crippen molar-refractivity contribution in [3.8, 4) is 6.07 Å². The molecule has 6 heteroatoms. The van der Waals surface area contributed by atoms with Gasteiger partial charge in [0.25, 0.3) is 5.56 Å². The van der Waals surface area contributed by atoms with E-state index < -0.39 is 0 Å². The lowest BCUT2D eigenvalue weighted by Gasteiger charge is -2.09. The van der Waals surface area contributed by atoms with Crippen LogP contribution in [0.25, 0.3) is 10.2 Å². The molecule has 0 saturated carbocycles. The van der Waals surface area contributed by atoms with E-state index in [1.807, 2.05) is 52.1 Å². The van der Waals surface area contributed by atoms with Crippen molar-refractivity contribution >= 4 is 33.2 Å². The zero-order valence-corrected chi connectivity index (χ0v) is 16.7. The molecule has 0 bridgehead atoms. The van der Waals surface area contributed by atoms with E-state index in [4.69, 9.17) is 16.9 Å². The summed E-state index contributed by atoms with van der Waals surface area (Å²) >= 11 is 7.52. The summed E-state index contributed by atoms with van der Waals surface area (Å²) in [4.78, 5) is 16.8. The molecule has 4 nitrogen and oxygen atoms in total. The molecule has 0 fully saturated rings. The smallest absolute Gasteiger partial charge is 0.272 e. The predicted molar refractivity (Wildman–Crippen MR) is 107 cm³/mol. The Morgan fingerprint density at radius 3 is 2.52 bits per heavy atom. The highest BCUT2D eigenvalue weighted by Crippen LogP contribution is 2.22. The molecular formula is C19H22ClN3OS. The number of aromatic nitrogens is 2. The van der Waals surface area contributed by atoms with Crippen molar-refractivity contribution in [2.24, 2.45) is 0 Å². The third-order valence-corrected chi connectivity index (χ3v) is 4.64. The number of nitriles is 1. The van der Waals surface area contributed by atoms with Crippen molar-refractivity contribution in [1.29, 1.82) is 5.26 Å². The Bertz CT molecular complexity index is 938. The minimum atomic E-state index is -0.171. The maximum Gasteiger partial charge on any atom is 0.272 e. The molecular weight excluding hydrogens is 354 g/mol. The molecule has 0 aliphatic carbocycles. The van der Waals surface area contributed by atoms with Crippen molar-refractivity contribution in [1.82, 2.24) is 9.55 Å². The van der Waals surface area contributed by atoms with Crippen molar-refractivity contribution in [2.45, 2.75) is 41.2 Å². The molecule has 3 aromatic rings. The Morgan fingerprint density at radius 2 is 1.88 bits per heavy atom. The summed E-state index contributed by atoms with van der Waals surface area (Å²) in [5.41, 5.74) is 2.70. The van der Waals surface area contributed by atoms with Crippen LogP contribution in [0.2, 0.25) is 5.28 Å². The predicted octanol–water partition coefficient (Wildman–Crippen LogP) is 5.39. The van der Waals surface area contributed by atoms with Crippen LogP contribution in [0.3, 0.4) is 0 Å². The third kappa shape index (κ3) is 4.47. The van der Waals surface area contributed by atoms with Crippen molar-refractivity contribution in [3.05, 3.63) is 62.0 Å². The number of hydrogen-bond donors (Lipinski definition) is 0. The first-order valence-electron chi connectivity index (χ1n) is 8.24. The Hall–Kier alpha value is -2.16. The SMILES string of the molecule is CC.CC.Cc1csc2c(=O)n(Cc3ccccc3C#N)c(Cl)nc12. The maximum absolute atomic E-state index is 12.5. The molecule has 0 atom stereocenters. The van der Waals surface area contributed by atoms with E-state index in [0.717, 1.165) is 11.1 Å². The first-order chi connectivity index (χ1) is 12.1. The van der Waals surface area contributed by atoms with Gasteiger partial charge in [-0.25, -0.2) is 4.98 Å². The standard InChI is InChI=1S/C15H10ClN3OS.2C2H6/c1-9-8-21-13-12(9)18-15(16)19(14(13)20)7-11-5-3-2-4-10(11)6-17;2*1-2/h2-5,8H,7H2,1H3;2*1-2H3. The highest BCUT2D eigenvalue weighted by Gasteiger charge is 2.14. The van der Waals surface area contributed by atoms with Gasteiger partial charge in [0.15, 0.2) is 0 Å². The highest BCUT2D eigenvalue weighted by molar-refractivity contribution is 7.17. The van der Waals surface area contributed by atoms with Gasteiger partial charge in [0.1, 0.15) is 4.70 Å². The summed E-state index contributed by atoms with van der Waals surface area (Å²) in [5, 5.41) is 11.2. The Labute approximate surface area is 157 Å². The van der Waals surface area contributed by atoms with Gasteiger partial charge in [-0.15, -0.1) is 11.3 Å². The molecule has 1 aromatic carbocycles. The van der Waals surface area contributed by atoms with Crippen molar-refractivity contribution in [3.63, 3.8) is 0 Å². The first-order valence-corrected chi connectivity index (χ1v) is 9.49. The Balaban J connectivity index is 0.000000730. The molecule has 0 spiro atoms. The number of hydrogen-bond acceptors (Lipinski definition) is 4. The Morgan fingerprint density at radius 1 is 1.24 bits per heavy atom. The van der Waals surface area contributed by atoms with E-state index in [-0.39, 0.29) is 17.4 Å². The molecule has 25 heavy (non-hydrogen) atoms. The Kier molecular flexibility index (Phi) is 8.33. The third-order valence-electron chi connectivity index (χ3n) is 3.27. The molecule has 2 aromatic heterocycles. The minimum Gasteiger partial charge on any atom is -0.278 e. The minimum absolute atomic E-state index is 0.141. The van der Waals surface area contributed by atoms with E-state index in [1.54, 1.807) is 12.1 Å². The van der Waals surface area contributed by atoms with Gasteiger partial charge in [-0.05, 0) is 41.1 Å². The number of thiophene rings is 1. The second-order valence-electron chi connectivity index (χ2n) is 4.64. The number of nitrogens with zero attached hydrogens (tertiary/aromatic N) is 3. The zero-order chi connectivity index (χ0) is 19.0. The molecule has 2 heterocycles. The summed E-state index contributed by atoms with van der Waals surface area (Å²) in [6, 6.07) is 9.27. The van der Waals surface area contributed by atoms with Crippen LogP contribution in [0, 0.1) is 18.3 Å². The largest absolute Gasteiger partial charge is 0.278 e. The molecule has 0 N–H and O–H groups in total. The van der Waals surface area contributed by atoms with Gasteiger partial charge in [0.2, 0.25) is 5.28 Å². The number of halogens is 1. The summed E-state index contributed by atoms with van der Waals surface area (Å²) < 4.78 is 1.99. The average Bonchev–Trinajstić information content (AvgIpc) is 3.03. The molecule has 3 rings (SSSR count). The molecule has 132 valence electrons. The molecule has 0 radical (unpaired) electrons. The summed E-state index contributed by atoms with van der Waals surface area (Å²) in [6.45, 7) is 10.1.